The summed E-state index contributed by atoms with van der Waals surface area (Å²) in [4.78, 5) is 21.6. The van der Waals surface area contributed by atoms with E-state index in [2.05, 4.69) is 33.0 Å². The Morgan fingerprint density at radius 3 is 2.38 bits per heavy atom. The number of carbonyl (C=O) groups excluding carboxylic acids is 1. The van der Waals surface area contributed by atoms with Crippen molar-refractivity contribution in [3.8, 4) is 6.07 Å². The van der Waals surface area contributed by atoms with Crippen molar-refractivity contribution in [2.45, 2.75) is 25.3 Å². The van der Waals surface area contributed by atoms with Crippen LogP contribution in [0, 0.1) is 17.2 Å². The van der Waals surface area contributed by atoms with Crippen LogP contribution in [-0.4, -0.2) is 35.4 Å². The number of amides is 1. The van der Waals surface area contributed by atoms with Crippen LogP contribution in [0.15, 0.2) is 48.7 Å². The van der Waals surface area contributed by atoms with Crippen LogP contribution >= 0.6 is 0 Å². The minimum atomic E-state index is 0.108. The second-order valence-corrected chi connectivity index (χ2v) is 7.02. The van der Waals surface area contributed by atoms with Gasteiger partial charge in [0, 0.05) is 31.7 Å². The molecule has 2 aliphatic rings. The van der Waals surface area contributed by atoms with E-state index >= 15 is 0 Å². The molecule has 0 aliphatic carbocycles. The van der Waals surface area contributed by atoms with Gasteiger partial charge in [0.15, 0.2) is 0 Å². The van der Waals surface area contributed by atoms with E-state index in [1.165, 1.54) is 5.56 Å². The predicted octanol–water partition coefficient (Wildman–Crippen LogP) is 3.14. The molecule has 132 valence electrons. The normalized spacial score (nSPS) is 20.3. The highest BCUT2D eigenvalue weighted by Crippen LogP contribution is 2.36. The van der Waals surface area contributed by atoms with Crippen LogP contribution in [0.4, 0.5) is 5.82 Å². The van der Waals surface area contributed by atoms with E-state index in [1.807, 2.05) is 24.3 Å². The number of rotatable bonds is 3. The fraction of sp³-hybridized carbons (Fsp3) is 0.381. The molecule has 2 aromatic rings. The first-order chi connectivity index (χ1) is 12.8. The zero-order chi connectivity index (χ0) is 17.9. The minimum absolute atomic E-state index is 0.108. The number of hydrogen-bond donors (Lipinski definition) is 0. The number of anilines is 1. The number of aromatic nitrogens is 1. The van der Waals surface area contributed by atoms with Crippen molar-refractivity contribution in [1.82, 2.24) is 9.88 Å². The fourth-order valence-electron chi connectivity index (χ4n) is 3.90. The highest BCUT2D eigenvalue weighted by molar-refractivity contribution is 5.80. The quantitative estimate of drug-likeness (QED) is 0.857. The third kappa shape index (κ3) is 3.15. The van der Waals surface area contributed by atoms with Crippen LogP contribution in [0.25, 0.3) is 0 Å². The third-order valence-corrected chi connectivity index (χ3v) is 5.53. The first-order valence-corrected chi connectivity index (χ1v) is 9.23. The van der Waals surface area contributed by atoms with E-state index in [1.54, 1.807) is 12.3 Å². The molecule has 0 unspecified atom stereocenters. The molecule has 0 bridgehead atoms. The summed E-state index contributed by atoms with van der Waals surface area (Å²) in [5.74, 6) is 1.30. The van der Waals surface area contributed by atoms with Crippen LogP contribution in [0.1, 0.15) is 36.4 Å². The molecule has 0 N–H and O–H groups in total. The number of piperidine rings is 1. The molecule has 0 spiro atoms. The summed E-state index contributed by atoms with van der Waals surface area (Å²) in [5, 5.41) is 8.87. The molecule has 4 rings (SSSR count). The van der Waals surface area contributed by atoms with Crippen LogP contribution < -0.4 is 4.90 Å². The topological polar surface area (TPSA) is 60.2 Å². The SMILES string of the molecule is N#Cc1ccc(N2CCC(C(=O)N3CC[C@@H]3c3ccccc3)CC2)nc1. The van der Waals surface area contributed by atoms with Gasteiger partial charge in [0.1, 0.15) is 11.9 Å². The Kier molecular flexibility index (Phi) is 4.57. The molecule has 3 heterocycles. The van der Waals surface area contributed by atoms with Gasteiger partial charge in [-0.3, -0.25) is 4.79 Å². The van der Waals surface area contributed by atoms with E-state index in [9.17, 15) is 4.79 Å². The van der Waals surface area contributed by atoms with E-state index in [4.69, 9.17) is 5.26 Å². The third-order valence-electron chi connectivity index (χ3n) is 5.53. The molecule has 1 aromatic heterocycles. The summed E-state index contributed by atoms with van der Waals surface area (Å²) in [5.41, 5.74) is 1.81. The van der Waals surface area contributed by atoms with Crippen LogP contribution in [0.5, 0.6) is 0 Å². The van der Waals surface area contributed by atoms with Crippen molar-refractivity contribution in [3.63, 3.8) is 0 Å². The number of carbonyl (C=O) groups is 1. The van der Waals surface area contributed by atoms with Crippen molar-refractivity contribution in [2.75, 3.05) is 24.5 Å². The van der Waals surface area contributed by atoms with Gasteiger partial charge < -0.3 is 9.80 Å². The monoisotopic (exact) mass is 346 g/mol. The lowest BCUT2D eigenvalue weighted by atomic mass is 9.89. The van der Waals surface area contributed by atoms with Gasteiger partial charge in [-0.1, -0.05) is 30.3 Å². The van der Waals surface area contributed by atoms with Crippen LogP contribution in [-0.2, 0) is 4.79 Å². The lowest BCUT2D eigenvalue weighted by Crippen LogP contribution is -2.50. The summed E-state index contributed by atoms with van der Waals surface area (Å²) in [6, 6.07) is 16.4. The Morgan fingerprint density at radius 2 is 1.81 bits per heavy atom. The maximum atomic E-state index is 12.9. The molecule has 1 atom stereocenters. The zero-order valence-electron chi connectivity index (χ0n) is 14.7. The number of likely N-dealkylation sites (tertiary alicyclic amines) is 1. The molecule has 1 amide bonds. The molecular weight excluding hydrogens is 324 g/mol. The number of benzene rings is 1. The molecule has 2 saturated heterocycles. The van der Waals surface area contributed by atoms with Gasteiger partial charge in [-0.05, 0) is 37.0 Å². The van der Waals surface area contributed by atoms with Crippen molar-refractivity contribution in [1.29, 1.82) is 5.26 Å². The summed E-state index contributed by atoms with van der Waals surface area (Å²) in [7, 11) is 0. The number of nitriles is 1. The Balaban J connectivity index is 1.35. The fourth-order valence-corrected chi connectivity index (χ4v) is 3.90. The van der Waals surface area contributed by atoms with Gasteiger partial charge in [-0.15, -0.1) is 0 Å². The van der Waals surface area contributed by atoms with E-state index in [0.717, 1.165) is 44.7 Å². The zero-order valence-corrected chi connectivity index (χ0v) is 14.7. The lowest BCUT2D eigenvalue weighted by Gasteiger charge is -2.44. The van der Waals surface area contributed by atoms with Gasteiger partial charge in [0.05, 0.1) is 11.6 Å². The Labute approximate surface area is 153 Å². The van der Waals surface area contributed by atoms with Crippen LogP contribution in [0.2, 0.25) is 0 Å². The molecule has 26 heavy (non-hydrogen) atoms. The van der Waals surface area contributed by atoms with Crippen molar-refractivity contribution < 1.29 is 4.79 Å². The summed E-state index contributed by atoms with van der Waals surface area (Å²) < 4.78 is 0. The van der Waals surface area contributed by atoms with Gasteiger partial charge >= 0.3 is 0 Å². The molecule has 2 fully saturated rings. The molecule has 5 heteroatoms. The lowest BCUT2D eigenvalue weighted by molar-refractivity contribution is -0.144. The van der Waals surface area contributed by atoms with E-state index in [-0.39, 0.29) is 12.0 Å². The summed E-state index contributed by atoms with van der Waals surface area (Å²) in [6.07, 6.45) is 4.39. The Hall–Kier alpha value is -2.87. The second kappa shape index (κ2) is 7.17. The van der Waals surface area contributed by atoms with Crippen LogP contribution in [0.3, 0.4) is 0 Å². The first-order valence-electron chi connectivity index (χ1n) is 9.23. The predicted molar refractivity (Wildman–Crippen MR) is 99.4 cm³/mol. The smallest absolute Gasteiger partial charge is 0.226 e. The molecular formula is C21H22N4O. The standard InChI is InChI=1S/C21H22N4O/c22-14-16-6-7-20(23-15-16)24-11-8-18(9-12-24)21(26)25-13-10-19(25)17-4-2-1-3-5-17/h1-7,15,18-19H,8-13H2/t19-/m1/s1. The van der Waals surface area contributed by atoms with Gasteiger partial charge in [-0.25, -0.2) is 4.98 Å². The Bertz CT molecular complexity index is 804. The summed E-state index contributed by atoms with van der Waals surface area (Å²) >= 11 is 0. The molecule has 1 aromatic carbocycles. The molecule has 0 saturated carbocycles. The van der Waals surface area contributed by atoms with Gasteiger partial charge in [0.25, 0.3) is 0 Å². The summed E-state index contributed by atoms with van der Waals surface area (Å²) in [6.45, 7) is 2.54. The number of nitrogens with zero attached hydrogens (tertiary/aromatic N) is 4. The highest BCUT2D eigenvalue weighted by Gasteiger charge is 2.37. The molecule has 5 nitrogen and oxygen atoms in total. The minimum Gasteiger partial charge on any atom is -0.357 e. The largest absolute Gasteiger partial charge is 0.357 e. The van der Waals surface area contributed by atoms with Gasteiger partial charge in [-0.2, -0.15) is 5.26 Å². The Morgan fingerprint density at radius 1 is 1.04 bits per heavy atom. The van der Waals surface area contributed by atoms with Crippen molar-refractivity contribution in [2.24, 2.45) is 5.92 Å². The average molecular weight is 346 g/mol. The number of pyridine rings is 1. The molecule has 0 radical (unpaired) electrons. The first kappa shape index (κ1) is 16.6. The number of hydrogen-bond acceptors (Lipinski definition) is 4. The average Bonchev–Trinajstić information content (AvgIpc) is 2.68. The van der Waals surface area contributed by atoms with E-state index in [0.29, 0.717) is 11.5 Å². The maximum Gasteiger partial charge on any atom is 0.226 e. The van der Waals surface area contributed by atoms with Gasteiger partial charge in [0.2, 0.25) is 5.91 Å². The maximum absolute atomic E-state index is 12.9. The van der Waals surface area contributed by atoms with Crippen molar-refractivity contribution in [3.05, 3.63) is 59.8 Å². The second-order valence-electron chi connectivity index (χ2n) is 7.02. The molecule has 2 aliphatic heterocycles. The highest BCUT2D eigenvalue weighted by atomic mass is 16.2. The van der Waals surface area contributed by atoms with E-state index < -0.39 is 0 Å². The van der Waals surface area contributed by atoms with Crippen molar-refractivity contribution >= 4 is 11.7 Å².